The lowest BCUT2D eigenvalue weighted by Crippen LogP contribution is -2.18. The topological polar surface area (TPSA) is 81.4 Å². The van der Waals surface area contributed by atoms with Gasteiger partial charge < -0.3 is 15.8 Å². The van der Waals surface area contributed by atoms with Crippen LogP contribution in [0.2, 0.25) is 0 Å². The smallest absolute Gasteiger partial charge is 0.255 e. The molecule has 2 rings (SSSR count). The Hall–Kier alpha value is -2.82. The van der Waals surface area contributed by atoms with Gasteiger partial charge in [0.2, 0.25) is 0 Å². The van der Waals surface area contributed by atoms with Crippen molar-refractivity contribution in [2.24, 2.45) is 5.73 Å². The van der Waals surface area contributed by atoms with Crippen LogP contribution < -0.4 is 15.8 Å². The molecule has 2 aromatic rings. The third-order valence-electron chi connectivity index (χ3n) is 3.01. The lowest BCUT2D eigenvalue weighted by Gasteiger charge is -2.10. The second kappa shape index (κ2) is 7.26. The summed E-state index contributed by atoms with van der Waals surface area (Å²) in [5.74, 6) is -0.274. The van der Waals surface area contributed by atoms with Gasteiger partial charge in [-0.2, -0.15) is 0 Å². The highest BCUT2D eigenvalue weighted by Gasteiger charge is 2.12. The maximum Gasteiger partial charge on any atom is 0.255 e. The number of hydrogen-bond donors (Lipinski definition) is 2. The molecular formula is C17H18N2O3. The van der Waals surface area contributed by atoms with Gasteiger partial charge in [0.05, 0.1) is 17.9 Å². The molecule has 0 spiro atoms. The zero-order valence-corrected chi connectivity index (χ0v) is 12.3. The van der Waals surface area contributed by atoms with E-state index < -0.39 is 5.91 Å². The number of hydrogen-bond acceptors (Lipinski definition) is 3. The molecule has 114 valence electrons. The van der Waals surface area contributed by atoms with Gasteiger partial charge in [0.25, 0.3) is 11.8 Å². The zero-order chi connectivity index (χ0) is 15.9. The highest BCUT2D eigenvalue weighted by Crippen LogP contribution is 2.18. The molecule has 0 saturated carbocycles. The summed E-state index contributed by atoms with van der Waals surface area (Å²) in [5.41, 5.74) is 6.41. The molecule has 0 aliphatic rings. The molecule has 5 heteroatoms. The minimum absolute atomic E-state index is 0.272. The third kappa shape index (κ3) is 3.85. The Morgan fingerprint density at radius 2 is 1.91 bits per heavy atom. The standard InChI is InChI=1S/C17H18N2O3/c1-2-10-22-13-7-5-6-12(11-13)17(21)19-15-9-4-3-8-14(15)16(18)20/h3-9,11H,2,10H2,1H3,(H2,18,20)(H,19,21). The highest BCUT2D eigenvalue weighted by molar-refractivity contribution is 6.08. The average molecular weight is 298 g/mol. The van der Waals surface area contributed by atoms with E-state index in [-0.39, 0.29) is 11.5 Å². The minimum atomic E-state index is -0.587. The maximum atomic E-state index is 12.3. The van der Waals surface area contributed by atoms with Crippen molar-refractivity contribution in [1.29, 1.82) is 0 Å². The number of nitrogens with one attached hydrogen (secondary N) is 1. The summed E-state index contributed by atoms with van der Waals surface area (Å²) in [6, 6.07) is 13.5. The second-order valence-corrected chi connectivity index (χ2v) is 4.74. The van der Waals surface area contributed by atoms with Gasteiger partial charge in [-0.05, 0) is 36.8 Å². The van der Waals surface area contributed by atoms with Gasteiger partial charge in [-0.15, -0.1) is 0 Å². The number of carbonyl (C=O) groups excluding carboxylic acids is 2. The zero-order valence-electron chi connectivity index (χ0n) is 12.3. The summed E-state index contributed by atoms with van der Waals surface area (Å²) in [7, 11) is 0. The number of rotatable bonds is 6. The van der Waals surface area contributed by atoms with Gasteiger partial charge in [-0.1, -0.05) is 25.1 Å². The molecule has 0 heterocycles. The number of primary amides is 1. The fraction of sp³-hybridized carbons (Fsp3) is 0.176. The first kappa shape index (κ1) is 15.6. The summed E-state index contributed by atoms with van der Waals surface area (Å²) in [4.78, 5) is 23.7. The van der Waals surface area contributed by atoms with Crippen LogP contribution in [0.4, 0.5) is 5.69 Å². The normalized spacial score (nSPS) is 10.0. The van der Waals surface area contributed by atoms with E-state index in [1.807, 2.05) is 6.92 Å². The van der Waals surface area contributed by atoms with Crippen molar-refractivity contribution in [3.05, 3.63) is 59.7 Å². The lowest BCUT2D eigenvalue weighted by atomic mass is 10.1. The van der Waals surface area contributed by atoms with Crippen molar-refractivity contribution >= 4 is 17.5 Å². The minimum Gasteiger partial charge on any atom is -0.494 e. The molecule has 0 saturated heterocycles. The van der Waals surface area contributed by atoms with Crippen LogP contribution in [0.25, 0.3) is 0 Å². The molecule has 3 N–H and O–H groups in total. The Bertz CT molecular complexity index is 683. The van der Waals surface area contributed by atoms with E-state index in [0.29, 0.717) is 23.6 Å². The van der Waals surface area contributed by atoms with Gasteiger partial charge in [-0.25, -0.2) is 0 Å². The Kier molecular flexibility index (Phi) is 5.14. The number of amides is 2. The van der Waals surface area contributed by atoms with Crippen molar-refractivity contribution in [2.45, 2.75) is 13.3 Å². The SMILES string of the molecule is CCCOc1cccc(C(=O)Nc2ccccc2C(N)=O)c1. The van der Waals surface area contributed by atoms with Crippen molar-refractivity contribution < 1.29 is 14.3 Å². The molecule has 0 aliphatic carbocycles. The molecule has 0 unspecified atom stereocenters. The number of carbonyl (C=O) groups is 2. The van der Waals surface area contributed by atoms with Crippen molar-refractivity contribution in [3.8, 4) is 5.75 Å². The van der Waals surface area contributed by atoms with Crippen molar-refractivity contribution in [1.82, 2.24) is 0 Å². The van der Waals surface area contributed by atoms with Crippen LogP contribution >= 0.6 is 0 Å². The van der Waals surface area contributed by atoms with Crippen LogP contribution in [-0.4, -0.2) is 18.4 Å². The van der Waals surface area contributed by atoms with Crippen LogP contribution in [0.15, 0.2) is 48.5 Å². The molecule has 0 fully saturated rings. The van der Waals surface area contributed by atoms with Crippen LogP contribution in [0.1, 0.15) is 34.1 Å². The second-order valence-electron chi connectivity index (χ2n) is 4.74. The fourth-order valence-electron chi connectivity index (χ4n) is 1.95. The summed E-state index contributed by atoms with van der Waals surface area (Å²) in [6.45, 7) is 2.60. The number of nitrogens with two attached hydrogens (primary N) is 1. The summed E-state index contributed by atoms with van der Waals surface area (Å²) in [6.07, 6.45) is 0.891. The Balaban J connectivity index is 2.17. The number of anilines is 1. The molecule has 0 bridgehead atoms. The van der Waals surface area contributed by atoms with E-state index in [4.69, 9.17) is 10.5 Å². The molecule has 2 amide bonds. The quantitative estimate of drug-likeness (QED) is 0.860. The number of benzene rings is 2. The molecule has 0 aliphatic heterocycles. The monoisotopic (exact) mass is 298 g/mol. The van der Waals surface area contributed by atoms with Gasteiger partial charge in [0.1, 0.15) is 5.75 Å². The predicted molar refractivity (Wildman–Crippen MR) is 85.1 cm³/mol. The third-order valence-corrected chi connectivity index (χ3v) is 3.01. The van der Waals surface area contributed by atoms with Crippen LogP contribution in [0.3, 0.4) is 0 Å². The van der Waals surface area contributed by atoms with Gasteiger partial charge in [0.15, 0.2) is 0 Å². The molecule has 5 nitrogen and oxygen atoms in total. The van der Waals surface area contributed by atoms with E-state index in [2.05, 4.69) is 5.32 Å². The molecule has 22 heavy (non-hydrogen) atoms. The van der Waals surface area contributed by atoms with Gasteiger partial charge >= 0.3 is 0 Å². The predicted octanol–water partition coefficient (Wildman–Crippen LogP) is 2.83. The Morgan fingerprint density at radius 3 is 2.64 bits per heavy atom. The van der Waals surface area contributed by atoms with Crippen LogP contribution in [-0.2, 0) is 0 Å². The van der Waals surface area contributed by atoms with Crippen molar-refractivity contribution in [3.63, 3.8) is 0 Å². The van der Waals surface area contributed by atoms with E-state index in [0.717, 1.165) is 6.42 Å². The first-order valence-electron chi connectivity index (χ1n) is 7.05. The van der Waals surface area contributed by atoms with E-state index in [9.17, 15) is 9.59 Å². The van der Waals surface area contributed by atoms with E-state index >= 15 is 0 Å². The highest BCUT2D eigenvalue weighted by atomic mass is 16.5. The van der Waals surface area contributed by atoms with E-state index in [1.165, 1.54) is 0 Å². The number of ether oxygens (including phenoxy) is 1. The van der Waals surface area contributed by atoms with E-state index in [1.54, 1.807) is 48.5 Å². The number of para-hydroxylation sites is 1. The molecule has 0 aromatic heterocycles. The first-order valence-corrected chi connectivity index (χ1v) is 7.05. The van der Waals surface area contributed by atoms with Crippen LogP contribution in [0, 0.1) is 0 Å². The summed E-state index contributed by atoms with van der Waals surface area (Å²) in [5, 5.41) is 2.70. The fourth-order valence-corrected chi connectivity index (χ4v) is 1.95. The Labute approximate surface area is 129 Å². The van der Waals surface area contributed by atoms with Gasteiger partial charge in [-0.3, -0.25) is 9.59 Å². The maximum absolute atomic E-state index is 12.3. The van der Waals surface area contributed by atoms with Gasteiger partial charge in [0, 0.05) is 5.56 Å². The largest absolute Gasteiger partial charge is 0.494 e. The molecular weight excluding hydrogens is 280 g/mol. The summed E-state index contributed by atoms with van der Waals surface area (Å²) < 4.78 is 5.50. The van der Waals surface area contributed by atoms with Crippen molar-refractivity contribution in [2.75, 3.05) is 11.9 Å². The molecule has 0 atom stereocenters. The summed E-state index contributed by atoms with van der Waals surface area (Å²) >= 11 is 0. The average Bonchev–Trinajstić information content (AvgIpc) is 2.53. The lowest BCUT2D eigenvalue weighted by molar-refractivity contribution is 0.100. The molecule has 2 aromatic carbocycles. The first-order chi connectivity index (χ1) is 10.6. The van der Waals surface area contributed by atoms with Crippen LogP contribution in [0.5, 0.6) is 5.75 Å². The Morgan fingerprint density at radius 1 is 1.14 bits per heavy atom. The molecule has 0 radical (unpaired) electrons.